The molecule has 0 aliphatic rings. The highest BCUT2D eigenvalue weighted by Gasteiger charge is 2.18. The normalized spacial score (nSPS) is 12.6. The van der Waals surface area contributed by atoms with Crippen LogP contribution >= 0.6 is 11.3 Å². The monoisotopic (exact) mass is 297 g/mol. The van der Waals surface area contributed by atoms with Crippen LogP contribution in [0.3, 0.4) is 0 Å². The van der Waals surface area contributed by atoms with Crippen molar-refractivity contribution in [1.29, 1.82) is 0 Å². The summed E-state index contributed by atoms with van der Waals surface area (Å²) in [6.45, 7) is 4.17. The number of benzene rings is 2. The third-order valence-corrected chi connectivity index (χ3v) is 5.20. The van der Waals surface area contributed by atoms with Gasteiger partial charge in [-0.05, 0) is 42.5 Å². The van der Waals surface area contributed by atoms with E-state index in [0.717, 1.165) is 21.8 Å². The Morgan fingerprint density at radius 3 is 2.57 bits per heavy atom. The Morgan fingerprint density at radius 1 is 1.10 bits per heavy atom. The second kappa shape index (κ2) is 5.51. The summed E-state index contributed by atoms with van der Waals surface area (Å²) in [4.78, 5) is 1.16. The van der Waals surface area contributed by atoms with Gasteiger partial charge in [-0.1, -0.05) is 30.3 Å². The first-order chi connectivity index (χ1) is 10.1. The summed E-state index contributed by atoms with van der Waals surface area (Å²) < 4.78 is 6.87. The van der Waals surface area contributed by atoms with E-state index >= 15 is 0 Å². The number of hydrogen-bond donors (Lipinski definition) is 1. The average Bonchev–Trinajstić information content (AvgIpc) is 2.93. The lowest BCUT2D eigenvalue weighted by molar-refractivity contribution is 0.404. The molecule has 1 atom stereocenters. The van der Waals surface area contributed by atoms with Gasteiger partial charge < -0.3 is 10.5 Å². The Balaban J connectivity index is 2.09. The summed E-state index contributed by atoms with van der Waals surface area (Å²) >= 11 is 1.75. The molecule has 2 N–H and O–H groups in total. The molecular weight excluding hydrogens is 278 g/mol. The van der Waals surface area contributed by atoms with E-state index in [0.29, 0.717) is 0 Å². The number of thiophene rings is 1. The van der Waals surface area contributed by atoms with Crippen LogP contribution in [-0.4, -0.2) is 7.11 Å². The van der Waals surface area contributed by atoms with Gasteiger partial charge in [0.2, 0.25) is 0 Å². The van der Waals surface area contributed by atoms with Crippen molar-refractivity contribution in [2.75, 3.05) is 7.11 Å². The zero-order valence-electron chi connectivity index (χ0n) is 12.5. The third-order valence-electron chi connectivity index (χ3n) is 4.00. The number of fused-ring (bicyclic) bond motifs is 1. The Hall–Kier alpha value is -1.84. The fourth-order valence-corrected chi connectivity index (χ4v) is 3.72. The molecule has 108 valence electrons. The van der Waals surface area contributed by atoms with Crippen molar-refractivity contribution < 1.29 is 4.74 Å². The lowest BCUT2D eigenvalue weighted by atomic mass is 9.98. The first-order valence-electron chi connectivity index (χ1n) is 7.00. The van der Waals surface area contributed by atoms with Gasteiger partial charge in [0.15, 0.2) is 0 Å². The van der Waals surface area contributed by atoms with Crippen LogP contribution in [0.5, 0.6) is 5.75 Å². The van der Waals surface area contributed by atoms with Gasteiger partial charge in [0, 0.05) is 15.1 Å². The molecule has 0 spiro atoms. The molecule has 0 fully saturated rings. The number of methoxy groups -OCH3 is 1. The Bertz CT molecular complexity index is 758. The summed E-state index contributed by atoms with van der Waals surface area (Å²) in [5, 5.41) is 1.25. The SMILES string of the molecule is COc1c(C(N)c2cc3ccccc3s2)ccc(C)c1C. The molecule has 0 aliphatic carbocycles. The Labute approximate surface area is 129 Å². The number of hydrogen-bond acceptors (Lipinski definition) is 3. The van der Waals surface area contributed by atoms with E-state index in [1.54, 1.807) is 18.4 Å². The van der Waals surface area contributed by atoms with Crippen LogP contribution < -0.4 is 10.5 Å². The van der Waals surface area contributed by atoms with Crippen molar-refractivity contribution in [1.82, 2.24) is 0 Å². The van der Waals surface area contributed by atoms with E-state index in [1.165, 1.54) is 15.6 Å². The Kier molecular flexibility index (Phi) is 3.70. The van der Waals surface area contributed by atoms with Gasteiger partial charge in [0.05, 0.1) is 13.2 Å². The molecule has 0 bridgehead atoms. The molecule has 3 aromatic rings. The topological polar surface area (TPSA) is 35.2 Å². The zero-order valence-corrected chi connectivity index (χ0v) is 13.3. The highest BCUT2D eigenvalue weighted by atomic mass is 32.1. The van der Waals surface area contributed by atoms with Crippen molar-refractivity contribution in [3.05, 3.63) is 64.0 Å². The molecule has 0 saturated carbocycles. The van der Waals surface area contributed by atoms with E-state index < -0.39 is 0 Å². The molecule has 2 nitrogen and oxygen atoms in total. The van der Waals surface area contributed by atoms with Crippen LogP contribution in [-0.2, 0) is 0 Å². The second-order valence-electron chi connectivity index (χ2n) is 5.29. The highest BCUT2D eigenvalue weighted by Crippen LogP contribution is 2.37. The van der Waals surface area contributed by atoms with Crippen LogP contribution in [0.15, 0.2) is 42.5 Å². The molecule has 0 amide bonds. The van der Waals surface area contributed by atoms with E-state index in [1.807, 2.05) is 0 Å². The van der Waals surface area contributed by atoms with Crippen LogP contribution in [0.25, 0.3) is 10.1 Å². The molecular formula is C18H19NOS. The van der Waals surface area contributed by atoms with Gasteiger partial charge in [-0.3, -0.25) is 0 Å². The minimum Gasteiger partial charge on any atom is -0.496 e. The van der Waals surface area contributed by atoms with Gasteiger partial charge in [-0.15, -0.1) is 11.3 Å². The predicted octanol–water partition coefficient (Wildman–Crippen LogP) is 4.57. The number of ether oxygens (including phenoxy) is 1. The zero-order chi connectivity index (χ0) is 15.0. The van der Waals surface area contributed by atoms with Crippen molar-refractivity contribution in [2.24, 2.45) is 5.73 Å². The van der Waals surface area contributed by atoms with Crippen LogP contribution in [0.2, 0.25) is 0 Å². The van der Waals surface area contributed by atoms with Gasteiger partial charge >= 0.3 is 0 Å². The lowest BCUT2D eigenvalue weighted by Gasteiger charge is -2.17. The molecule has 2 aromatic carbocycles. The van der Waals surface area contributed by atoms with Crippen LogP contribution in [0, 0.1) is 13.8 Å². The van der Waals surface area contributed by atoms with Gasteiger partial charge in [-0.25, -0.2) is 0 Å². The Morgan fingerprint density at radius 2 is 1.86 bits per heavy atom. The van der Waals surface area contributed by atoms with E-state index in [2.05, 4.69) is 56.3 Å². The minimum atomic E-state index is -0.156. The maximum absolute atomic E-state index is 6.51. The third kappa shape index (κ3) is 2.43. The van der Waals surface area contributed by atoms with Crippen LogP contribution in [0.1, 0.15) is 27.6 Å². The maximum Gasteiger partial charge on any atom is 0.127 e. The average molecular weight is 297 g/mol. The van der Waals surface area contributed by atoms with Gasteiger partial charge in [0.25, 0.3) is 0 Å². The molecule has 0 saturated heterocycles. The standard InChI is InChI=1S/C18H19NOS/c1-11-8-9-14(18(20-3)12(11)2)17(19)16-10-13-6-4-5-7-15(13)21-16/h4-10,17H,19H2,1-3H3. The number of aryl methyl sites for hydroxylation is 1. The van der Waals surface area contributed by atoms with Gasteiger partial charge in [0.1, 0.15) is 5.75 Å². The summed E-state index contributed by atoms with van der Waals surface area (Å²) in [6, 6.07) is 14.6. The molecule has 0 aliphatic heterocycles. The van der Waals surface area contributed by atoms with Crippen molar-refractivity contribution in [2.45, 2.75) is 19.9 Å². The van der Waals surface area contributed by atoms with Crippen molar-refractivity contribution >= 4 is 21.4 Å². The summed E-state index contributed by atoms with van der Waals surface area (Å²) in [7, 11) is 1.71. The summed E-state index contributed by atoms with van der Waals surface area (Å²) in [6.07, 6.45) is 0. The largest absolute Gasteiger partial charge is 0.496 e. The maximum atomic E-state index is 6.51. The molecule has 1 unspecified atom stereocenters. The fraction of sp³-hybridized carbons (Fsp3) is 0.222. The smallest absolute Gasteiger partial charge is 0.127 e. The predicted molar refractivity (Wildman–Crippen MR) is 90.3 cm³/mol. The number of nitrogens with two attached hydrogens (primary N) is 1. The van der Waals surface area contributed by atoms with Crippen LogP contribution in [0.4, 0.5) is 0 Å². The van der Waals surface area contributed by atoms with Crippen molar-refractivity contribution in [3.63, 3.8) is 0 Å². The van der Waals surface area contributed by atoms with Gasteiger partial charge in [-0.2, -0.15) is 0 Å². The van der Waals surface area contributed by atoms with E-state index in [9.17, 15) is 0 Å². The molecule has 3 rings (SSSR count). The molecule has 21 heavy (non-hydrogen) atoms. The molecule has 0 radical (unpaired) electrons. The second-order valence-corrected chi connectivity index (χ2v) is 6.41. The quantitative estimate of drug-likeness (QED) is 0.768. The first-order valence-corrected chi connectivity index (χ1v) is 7.81. The van der Waals surface area contributed by atoms with E-state index in [4.69, 9.17) is 10.5 Å². The molecule has 1 heterocycles. The highest BCUT2D eigenvalue weighted by molar-refractivity contribution is 7.19. The molecule has 3 heteroatoms. The minimum absolute atomic E-state index is 0.156. The molecule has 1 aromatic heterocycles. The lowest BCUT2D eigenvalue weighted by Crippen LogP contribution is -2.12. The fourth-order valence-electron chi connectivity index (χ4n) is 2.64. The number of rotatable bonds is 3. The first kappa shape index (κ1) is 14.1. The van der Waals surface area contributed by atoms with Crippen molar-refractivity contribution in [3.8, 4) is 5.75 Å². The summed E-state index contributed by atoms with van der Waals surface area (Å²) in [5.41, 5.74) is 9.93. The summed E-state index contributed by atoms with van der Waals surface area (Å²) in [5.74, 6) is 0.903. The van der Waals surface area contributed by atoms with E-state index in [-0.39, 0.29) is 6.04 Å².